The average Bonchev–Trinajstić information content (AvgIpc) is 3.56. The highest BCUT2D eigenvalue weighted by atomic mass is 16.5. The molecule has 3 heterocycles. The van der Waals surface area contributed by atoms with Crippen LogP contribution in [0.4, 0.5) is 0 Å². The Kier molecular flexibility index (Phi) is 7.16. The molecular formula is C27H32N6O3. The van der Waals surface area contributed by atoms with Crippen LogP contribution < -0.4 is 9.47 Å². The molecule has 1 aliphatic heterocycles. The van der Waals surface area contributed by atoms with Gasteiger partial charge in [0.05, 0.1) is 19.2 Å². The number of rotatable bonds is 9. The lowest BCUT2D eigenvalue weighted by atomic mass is 9.95. The van der Waals surface area contributed by atoms with Crippen LogP contribution in [0.1, 0.15) is 54.7 Å². The first kappa shape index (κ1) is 23.8. The van der Waals surface area contributed by atoms with Gasteiger partial charge in [0.15, 0.2) is 11.5 Å². The van der Waals surface area contributed by atoms with E-state index in [1.165, 1.54) is 0 Å². The third kappa shape index (κ3) is 4.91. The molecule has 0 spiro atoms. The van der Waals surface area contributed by atoms with Crippen molar-refractivity contribution in [2.75, 3.05) is 26.8 Å². The van der Waals surface area contributed by atoms with Crippen LogP contribution in [0.5, 0.6) is 11.5 Å². The molecule has 0 unspecified atom stereocenters. The van der Waals surface area contributed by atoms with Gasteiger partial charge in [0, 0.05) is 37.0 Å². The van der Waals surface area contributed by atoms with Gasteiger partial charge in [-0.1, -0.05) is 30.7 Å². The average molecular weight is 489 g/mol. The lowest BCUT2D eigenvalue weighted by Gasteiger charge is -2.32. The van der Waals surface area contributed by atoms with Crippen LogP contribution in [-0.2, 0) is 6.67 Å². The van der Waals surface area contributed by atoms with Gasteiger partial charge in [-0.25, -0.2) is 9.67 Å². The molecule has 2 aromatic heterocycles. The number of benzene rings is 2. The number of carbonyl (C=O) groups excluding carboxylic acids is 1. The van der Waals surface area contributed by atoms with Crippen LogP contribution in [0.2, 0.25) is 0 Å². The maximum Gasteiger partial charge on any atom is 0.253 e. The fourth-order valence-corrected chi connectivity index (χ4v) is 4.74. The molecule has 9 heteroatoms. The van der Waals surface area contributed by atoms with Crippen molar-refractivity contribution in [2.24, 2.45) is 0 Å². The Labute approximate surface area is 210 Å². The van der Waals surface area contributed by atoms with Gasteiger partial charge in [-0.2, -0.15) is 0 Å². The van der Waals surface area contributed by atoms with Crippen LogP contribution in [0.15, 0.2) is 54.9 Å². The van der Waals surface area contributed by atoms with Crippen molar-refractivity contribution < 1.29 is 14.3 Å². The van der Waals surface area contributed by atoms with E-state index >= 15 is 0 Å². The zero-order valence-corrected chi connectivity index (χ0v) is 20.8. The second-order valence-corrected chi connectivity index (χ2v) is 9.11. The van der Waals surface area contributed by atoms with E-state index < -0.39 is 0 Å². The van der Waals surface area contributed by atoms with Gasteiger partial charge in [-0.05, 0) is 49.6 Å². The van der Waals surface area contributed by atoms with E-state index in [1.54, 1.807) is 13.2 Å². The predicted octanol–water partition coefficient (Wildman–Crippen LogP) is 4.34. The number of piperidine rings is 1. The summed E-state index contributed by atoms with van der Waals surface area (Å²) in [5.74, 6) is 2.59. The van der Waals surface area contributed by atoms with E-state index in [1.807, 2.05) is 58.4 Å². The molecule has 1 aliphatic rings. The number of hydrogen-bond acceptors (Lipinski definition) is 6. The Morgan fingerprint density at radius 1 is 1.11 bits per heavy atom. The number of amides is 1. The molecule has 0 saturated carbocycles. The highest BCUT2D eigenvalue weighted by molar-refractivity contribution is 5.95. The summed E-state index contributed by atoms with van der Waals surface area (Å²) in [6, 6.07) is 13.4. The van der Waals surface area contributed by atoms with E-state index in [-0.39, 0.29) is 11.8 Å². The SMILES string of the molecule is CCCCOc1cc(C(=O)N2CCC(c3nccn3Cn3nnc4ccccc43)CC2)ccc1OC. The second kappa shape index (κ2) is 10.8. The number of fused-ring (bicyclic) bond motifs is 1. The highest BCUT2D eigenvalue weighted by Gasteiger charge is 2.27. The van der Waals surface area contributed by atoms with Crippen molar-refractivity contribution in [3.05, 3.63) is 66.2 Å². The number of ether oxygens (including phenoxy) is 2. The van der Waals surface area contributed by atoms with E-state index in [0.29, 0.717) is 43.4 Å². The lowest BCUT2D eigenvalue weighted by molar-refractivity contribution is 0.0709. The molecule has 0 aliphatic carbocycles. The van der Waals surface area contributed by atoms with Crippen LogP contribution >= 0.6 is 0 Å². The van der Waals surface area contributed by atoms with Crippen LogP contribution in [-0.4, -0.2) is 62.2 Å². The van der Waals surface area contributed by atoms with Crippen molar-refractivity contribution in [2.45, 2.75) is 45.2 Å². The van der Waals surface area contributed by atoms with E-state index in [2.05, 4.69) is 26.8 Å². The van der Waals surface area contributed by atoms with Crippen LogP contribution in [0, 0.1) is 0 Å². The Balaban J connectivity index is 1.24. The van der Waals surface area contributed by atoms with E-state index in [9.17, 15) is 4.79 Å². The predicted molar refractivity (Wildman–Crippen MR) is 136 cm³/mol. The minimum Gasteiger partial charge on any atom is -0.493 e. The number of nitrogens with zero attached hydrogens (tertiary/aromatic N) is 6. The van der Waals surface area contributed by atoms with Gasteiger partial charge in [0.1, 0.15) is 18.0 Å². The Bertz CT molecular complexity index is 1320. The van der Waals surface area contributed by atoms with Crippen molar-refractivity contribution in [1.29, 1.82) is 0 Å². The minimum atomic E-state index is 0.0221. The third-order valence-electron chi connectivity index (χ3n) is 6.77. The molecule has 9 nitrogen and oxygen atoms in total. The molecule has 2 aromatic carbocycles. The smallest absolute Gasteiger partial charge is 0.253 e. The monoisotopic (exact) mass is 488 g/mol. The summed E-state index contributed by atoms with van der Waals surface area (Å²) in [4.78, 5) is 19.9. The van der Waals surface area contributed by atoms with Gasteiger partial charge in [-0.3, -0.25) is 4.79 Å². The maximum absolute atomic E-state index is 13.3. The van der Waals surface area contributed by atoms with Crippen LogP contribution in [0.25, 0.3) is 11.0 Å². The first-order chi connectivity index (χ1) is 17.7. The molecule has 1 saturated heterocycles. The molecule has 188 valence electrons. The number of unbranched alkanes of at least 4 members (excludes halogenated alkanes) is 1. The molecule has 0 radical (unpaired) electrons. The van der Waals surface area contributed by atoms with Crippen molar-refractivity contribution >= 4 is 16.9 Å². The molecule has 1 fully saturated rings. The minimum absolute atomic E-state index is 0.0221. The fraction of sp³-hybridized carbons (Fsp3) is 0.407. The van der Waals surface area contributed by atoms with Gasteiger partial charge < -0.3 is 18.9 Å². The van der Waals surface area contributed by atoms with Gasteiger partial charge in [0.25, 0.3) is 5.91 Å². The summed E-state index contributed by atoms with van der Waals surface area (Å²) in [6.07, 6.45) is 7.54. The maximum atomic E-state index is 13.3. The van der Waals surface area contributed by atoms with Crippen LogP contribution in [0.3, 0.4) is 0 Å². The van der Waals surface area contributed by atoms with Gasteiger partial charge in [0.2, 0.25) is 0 Å². The highest BCUT2D eigenvalue weighted by Crippen LogP contribution is 2.31. The summed E-state index contributed by atoms with van der Waals surface area (Å²) in [5, 5.41) is 8.57. The van der Waals surface area contributed by atoms with Crippen molar-refractivity contribution in [3.8, 4) is 11.5 Å². The summed E-state index contributed by atoms with van der Waals surface area (Å²) in [7, 11) is 1.61. The molecule has 0 atom stereocenters. The zero-order chi connectivity index (χ0) is 24.9. The number of para-hydroxylation sites is 1. The lowest BCUT2D eigenvalue weighted by Crippen LogP contribution is -2.38. The number of imidazole rings is 1. The van der Waals surface area contributed by atoms with Gasteiger partial charge in [-0.15, -0.1) is 5.10 Å². The largest absolute Gasteiger partial charge is 0.493 e. The number of methoxy groups -OCH3 is 1. The topological polar surface area (TPSA) is 87.3 Å². The normalized spacial score (nSPS) is 14.3. The molecule has 4 aromatic rings. The summed E-state index contributed by atoms with van der Waals surface area (Å²) in [5.41, 5.74) is 2.50. The number of likely N-dealkylation sites (tertiary alicyclic amines) is 1. The Hall–Kier alpha value is -3.88. The quantitative estimate of drug-likeness (QED) is 0.326. The standard InChI is InChI=1S/C27H32N6O3/c1-3-4-17-36-25-18-21(9-10-24(25)35-2)27(34)31-14-11-20(12-15-31)26-28-13-16-32(26)19-33-23-8-6-5-7-22(23)29-30-33/h5-10,13,16,18,20H,3-4,11-12,14-15,17,19H2,1-2H3. The third-order valence-corrected chi connectivity index (χ3v) is 6.77. The number of aromatic nitrogens is 5. The fourth-order valence-electron chi connectivity index (χ4n) is 4.74. The zero-order valence-electron chi connectivity index (χ0n) is 20.8. The first-order valence-corrected chi connectivity index (χ1v) is 12.6. The molecule has 0 bridgehead atoms. The number of hydrogen-bond donors (Lipinski definition) is 0. The van der Waals surface area contributed by atoms with Gasteiger partial charge >= 0.3 is 0 Å². The summed E-state index contributed by atoms with van der Waals surface area (Å²) in [6.45, 7) is 4.64. The summed E-state index contributed by atoms with van der Waals surface area (Å²) < 4.78 is 15.3. The Morgan fingerprint density at radius 2 is 1.94 bits per heavy atom. The van der Waals surface area contributed by atoms with Crippen molar-refractivity contribution in [1.82, 2.24) is 29.4 Å². The first-order valence-electron chi connectivity index (χ1n) is 12.6. The molecule has 1 amide bonds. The second-order valence-electron chi connectivity index (χ2n) is 9.11. The molecule has 0 N–H and O–H groups in total. The Morgan fingerprint density at radius 3 is 2.75 bits per heavy atom. The molecular weight excluding hydrogens is 456 g/mol. The molecule has 5 rings (SSSR count). The number of carbonyl (C=O) groups is 1. The molecule has 36 heavy (non-hydrogen) atoms. The van der Waals surface area contributed by atoms with E-state index in [0.717, 1.165) is 42.5 Å². The van der Waals surface area contributed by atoms with Crippen molar-refractivity contribution in [3.63, 3.8) is 0 Å². The van der Waals surface area contributed by atoms with E-state index in [4.69, 9.17) is 9.47 Å². The summed E-state index contributed by atoms with van der Waals surface area (Å²) >= 11 is 0.